The molecule has 0 aliphatic rings. The second-order valence-electron chi connectivity index (χ2n) is 6.89. The van der Waals surface area contributed by atoms with Crippen LogP contribution in [-0.4, -0.2) is 33.7 Å². The fourth-order valence-electron chi connectivity index (χ4n) is 3.27. The third-order valence-corrected chi connectivity index (χ3v) is 6.02. The zero-order valence-electron chi connectivity index (χ0n) is 17.7. The number of halogens is 5. The largest absolute Gasteiger partial charge is 0.497 e. The van der Waals surface area contributed by atoms with E-state index in [1.165, 1.54) is 25.1 Å². The lowest BCUT2D eigenvalue weighted by molar-refractivity contribution is 0.368. The van der Waals surface area contributed by atoms with Crippen molar-refractivity contribution in [1.29, 1.82) is 0 Å². The predicted octanol–water partition coefficient (Wildman–Crippen LogP) is 4.52. The molecular weight excluding hydrogens is 481 g/mol. The lowest BCUT2D eigenvalue weighted by Gasteiger charge is -2.13. The van der Waals surface area contributed by atoms with E-state index in [4.69, 9.17) is 15.2 Å². The van der Waals surface area contributed by atoms with E-state index in [1.54, 1.807) is 18.2 Å². The van der Waals surface area contributed by atoms with Crippen LogP contribution in [0.3, 0.4) is 0 Å². The Labute approximate surface area is 193 Å². The highest BCUT2D eigenvalue weighted by Gasteiger charge is 2.26. The molecule has 0 saturated carbocycles. The van der Waals surface area contributed by atoms with Crippen molar-refractivity contribution in [3.05, 3.63) is 59.2 Å². The van der Waals surface area contributed by atoms with Gasteiger partial charge in [-0.3, -0.25) is 0 Å². The van der Waals surface area contributed by atoms with Gasteiger partial charge in [0.2, 0.25) is 5.82 Å². The van der Waals surface area contributed by atoms with Crippen molar-refractivity contribution in [2.75, 3.05) is 20.0 Å². The van der Waals surface area contributed by atoms with Crippen LogP contribution < -0.4 is 15.2 Å². The highest BCUT2D eigenvalue weighted by molar-refractivity contribution is 7.99. The topological polar surface area (TPSA) is 88.1 Å². The third-order valence-electron chi connectivity index (χ3n) is 4.98. The number of nitrogen functional groups attached to an aromatic ring is 1. The van der Waals surface area contributed by atoms with Gasteiger partial charge in [0, 0.05) is 12.1 Å². The number of nitrogens with zero attached hydrogens (tertiary/aromatic N) is 4. The van der Waals surface area contributed by atoms with Crippen LogP contribution in [0.25, 0.3) is 11.2 Å². The van der Waals surface area contributed by atoms with Crippen molar-refractivity contribution in [2.45, 2.75) is 23.0 Å². The molecule has 4 rings (SSSR count). The number of nitrogens with two attached hydrogens (primary N) is 1. The van der Waals surface area contributed by atoms with E-state index in [1.807, 2.05) is 0 Å². The number of aromatic nitrogens is 4. The van der Waals surface area contributed by atoms with Gasteiger partial charge in [-0.25, -0.2) is 36.9 Å². The van der Waals surface area contributed by atoms with Crippen molar-refractivity contribution in [3.63, 3.8) is 0 Å². The smallest absolute Gasteiger partial charge is 0.200 e. The molecule has 0 aliphatic carbocycles. The number of methoxy groups -OCH3 is 2. The Balaban J connectivity index is 1.79. The van der Waals surface area contributed by atoms with E-state index in [0.717, 1.165) is 11.8 Å². The number of fused-ring (bicyclic) bond motifs is 1. The monoisotopic (exact) mass is 497 g/mol. The minimum Gasteiger partial charge on any atom is -0.497 e. The Morgan fingerprint density at radius 3 is 2.26 bits per heavy atom. The molecule has 2 aromatic carbocycles. The van der Waals surface area contributed by atoms with Gasteiger partial charge < -0.3 is 19.8 Å². The maximum absolute atomic E-state index is 14.2. The molecule has 7 nitrogen and oxygen atoms in total. The van der Waals surface area contributed by atoms with Crippen LogP contribution in [0.2, 0.25) is 0 Å². The Kier molecular flexibility index (Phi) is 6.46. The first-order valence-corrected chi connectivity index (χ1v) is 10.4. The maximum Gasteiger partial charge on any atom is 0.200 e. The number of aryl methyl sites for hydroxylation is 1. The highest BCUT2D eigenvalue weighted by atomic mass is 32.2. The van der Waals surface area contributed by atoms with Gasteiger partial charge in [-0.2, -0.15) is 0 Å². The van der Waals surface area contributed by atoms with Gasteiger partial charge >= 0.3 is 0 Å². The molecule has 0 unspecified atom stereocenters. The summed E-state index contributed by atoms with van der Waals surface area (Å²) in [6.45, 7) is -0.222. The zero-order valence-corrected chi connectivity index (χ0v) is 18.5. The molecule has 0 spiro atoms. The number of imidazole rings is 1. The van der Waals surface area contributed by atoms with Crippen molar-refractivity contribution in [1.82, 2.24) is 19.5 Å². The van der Waals surface area contributed by atoms with E-state index < -0.39 is 41.1 Å². The minimum absolute atomic E-state index is 0.0550. The van der Waals surface area contributed by atoms with Crippen LogP contribution in [0.15, 0.2) is 34.6 Å². The van der Waals surface area contributed by atoms with Crippen molar-refractivity contribution in [3.8, 4) is 11.5 Å². The molecular formula is C21H16F5N5O2S. The SMILES string of the molecule is COc1ccc(OC)c(Sc2nc3c(N)ncnc3n2CCc2c(F)c(F)c(F)c(F)c2F)c1. The molecule has 0 saturated heterocycles. The standard InChI is InChI=1S/C21H16F5N5O2S/c1-32-9-3-4-11(33-2)12(7-9)34-21-30-18-19(27)28-8-29-20(18)31(21)6-5-10-13(22)15(24)17(26)16(25)14(10)23/h3-4,7-8H,5-6H2,1-2H3,(H2,27,28,29). The van der Waals surface area contributed by atoms with E-state index in [0.29, 0.717) is 16.4 Å². The first-order valence-electron chi connectivity index (χ1n) is 9.63. The van der Waals surface area contributed by atoms with Crippen LogP contribution in [0.4, 0.5) is 27.8 Å². The molecule has 0 bridgehead atoms. The Hall–Kier alpha value is -3.61. The van der Waals surface area contributed by atoms with Gasteiger partial charge in [0.05, 0.1) is 19.1 Å². The molecule has 0 amide bonds. The third kappa shape index (κ3) is 4.06. The summed E-state index contributed by atoms with van der Waals surface area (Å²) in [5, 5.41) is 0.276. The summed E-state index contributed by atoms with van der Waals surface area (Å²) < 4.78 is 81.2. The van der Waals surface area contributed by atoms with Gasteiger partial charge in [-0.1, -0.05) is 0 Å². The normalized spacial score (nSPS) is 11.3. The number of hydrogen-bond acceptors (Lipinski definition) is 7. The average molecular weight is 497 g/mol. The summed E-state index contributed by atoms with van der Waals surface area (Å²) in [6.07, 6.45) is 0.638. The van der Waals surface area contributed by atoms with Crippen molar-refractivity contribution in [2.24, 2.45) is 0 Å². The van der Waals surface area contributed by atoms with Crippen molar-refractivity contribution < 1.29 is 31.4 Å². The molecule has 2 N–H and O–H groups in total. The first-order chi connectivity index (χ1) is 16.3. The highest BCUT2D eigenvalue weighted by Crippen LogP contribution is 2.38. The molecule has 0 aliphatic heterocycles. The van der Waals surface area contributed by atoms with E-state index in [-0.39, 0.29) is 28.7 Å². The van der Waals surface area contributed by atoms with Crippen LogP contribution in [0, 0.1) is 29.1 Å². The lowest BCUT2D eigenvalue weighted by atomic mass is 10.1. The molecule has 2 heterocycles. The molecule has 178 valence electrons. The van der Waals surface area contributed by atoms with Gasteiger partial charge in [0.1, 0.15) is 17.8 Å². The molecule has 13 heteroatoms. The molecule has 0 fully saturated rings. The number of ether oxygens (including phenoxy) is 2. The first kappa shape index (κ1) is 23.5. The molecule has 0 radical (unpaired) electrons. The molecule has 4 aromatic rings. The number of rotatable bonds is 7. The quantitative estimate of drug-likeness (QED) is 0.228. The van der Waals surface area contributed by atoms with E-state index >= 15 is 0 Å². The summed E-state index contributed by atoms with van der Waals surface area (Å²) >= 11 is 1.11. The summed E-state index contributed by atoms with van der Waals surface area (Å²) in [7, 11) is 2.97. The second-order valence-corrected chi connectivity index (χ2v) is 7.90. The van der Waals surface area contributed by atoms with Crippen LogP contribution in [-0.2, 0) is 13.0 Å². The fourth-order valence-corrected chi connectivity index (χ4v) is 4.32. The van der Waals surface area contributed by atoms with Crippen molar-refractivity contribution >= 4 is 28.7 Å². The van der Waals surface area contributed by atoms with E-state index in [2.05, 4.69) is 15.0 Å². The van der Waals surface area contributed by atoms with Crippen LogP contribution >= 0.6 is 11.8 Å². The summed E-state index contributed by atoms with van der Waals surface area (Å²) in [5.74, 6) is -8.93. The predicted molar refractivity (Wildman–Crippen MR) is 113 cm³/mol. The summed E-state index contributed by atoms with van der Waals surface area (Å²) in [6, 6.07) is 5.06. The molecule has 34 heavy (non-hydrogen) atoms. The lowest BCUT2D eigenvalue weighted by Crippen LogP contribution is -2.11. The van der Waals surface area contributed by atoms with Gasteiger partial charge in [0.15, 0.2) is 45.4 Å². The Bertz CT molecular complexity index is 1370. The number of hydrogen-bond donors (Lipinski definition) is 1. The van der Waals surface area contributed by atoms with Crippen LogP contribution in [0.1, 0.15) is 5.56 Å². The molecule has 2 aromatic heterocycles. The molecule has 0 atom stereocenters. The maximum atomic E-state index is 14.2. The number of anilines is 1. The van der Waals surface area contributed by atoms with Gasteiger partial charge in [0.25, 0.3) is 0 Å². The van der Waals surface area contributed by atoms with Crippen LogP contribution in [0.5, 0.6) is 11.5 Å². The zero-order chi connectivity index (χ0) is 24.6. The average Bonchev–Trinajstić information content (AvgIpc) is 3.19. The van der Waals surface area contributed by atoms with Gasteiger partial charge in [-0.15, -0.1) is 0 Å². The Morgan fingerprint density at radius 2 is 1.62 bits per heavy atom. The number of benzene rings is 2. The Morgan fingerprint density at radius 1 is 0.941 bits per heavy atom. The second kappa shape index (κ2) is 9.33. The van der Waals surface area contributed by atoms with Gasteiger partial charge in [-0.05, 0) is 36.4 Å². The summed E-state index contributed by atoms with van der Waals surface area (Å²) in [5.41, 5.74) is 5.39. The fraction of sp³-hybridized carbons (Fsp3) is 0.190. The summed E-state index contributed by atoms with van der Waals surface area (Å²) in [4.78, 5) is 13.0. The van der Waals surface area contributed by atoms with E-state index in [9.17, 15) is 22.0 Å². The minimum atomic E-state index is -2.21.